The average molecular weight is 543 g/mol. The van der Waals surface area contributed by atoms with Crippen LogP contribution in [0.5, 0.6) is 5.75 Å². The lowest BCUT2D eigenvalue weighted by molar-refractivity contribution is 0.306. The fourth-order valence-corrected chi connectivity index (χ4v) is 5.19. The quantitative estimate of drug-likeness (QED) is 0.125. The van der Waals surface area contributed by atoms with Crippen molar-refractivity contribution in [3.63, 3.8) is 0 Å². The summed E-state index contributed by atoms with van der Waals surface area (Å²) >= 11 is 0. The standard InChI is InChI=1S/C32H42N4O2Si/c1-23(2)25-10-8-24(9-11-25)22-38-28-14-12-26(13-15-28)29-30(27-16-20-33-21-17-27)35-36-31(29)34-19-7-18-32(3,4)39(5,6)37/h8-17,20-21,23,37H,7,18-19,22H2,1-6H3,(H2,34,35,36). The number of ether oxygens (including phenoxy) is 1. The molecule has 0 atom stereocenters. The molecule has 0 unspecified atom stereocenters. The summed E-state index contributed by atoms with van der Waals surface area (Å²) < 4.78 is 6.08. The van der Waals surface area contributed by atoms with Crippen molar-refractivity contribution in [2.75, 3.05) is 11.9 Å². The zero-order chi connectivity index (χ0) is 28.0. The van der Waals surface area contributed by atoms with Gasteiger partial charge < -0.3 is 14.8 Å². The average Bonchev–Trinajstić information content (AvgIpc) is 3.34. The number of benzene rings is 2. The lowest BCUT2D eigenvalue weighted by atomic mass is 10.0. The first-order valence-corrected chi connectivity index (χ1v) is 16.8. The highest BCUT2D eigenvalue weighted by molar-refractivity contribution is 6.72. The molecule has 0 aliphatic rings. The van der Waals surface area contributed by atoms with Crippen molar-refractivity contribution in [1.29, 1.82) is 0 Å². The highest BCUT2D eigenvalue weighted by Crippen LogP contribution is 2.40. The van der Waals surface area contributed by atoms with Crippen molar-refractivity contribution < 1.29 is 9.53 Å². The van der Waals surface area contributed by atoms with Gasteiger partial charge in [-0.15, -0.1) is 0 Å². The molecule has 2 aromatic carbocycles. The molecular formula is C32H42N4O2Si. The third-order valence-electron chi connectivity index (χ3n) is 7.85. The molecule has 7 heteroatoms. The molecular weight excluding hydrogens is 500 g/mol. The van der Waals surface area contributed by atoms with Gasteiger partial charge in [0.1, 0.15) is 23.9 Å². The van der Waals surface area contributed by atoms with Gasteiger partial charge in [0, 0.05) is 24.5 Å². The maximum absolute atomic E-state index is 10.6. The Morgan fingerprint density at radius 1 is 0.949 bits per heavy atom. The van der Waals surface area contributed by atoms with Crippen LogP contribution in [-0.2, 0) is 6.61 Å². The van der Waals surface area contributed by atoms with Crippen LogP contribution in [0.2, 0.25) is 18.1 Å². The maximum Gasteiger partial charge on any atom is 0.188 e. The molecule has 0 bridgehead atoms. The number of pyridine rings is 1. The van der Waals surface area contributed by atoms with E-state index in [0.29, 0.717) is 12.5 Å². The largest absolute Gasteiger partial charge is 0.489 e. The van der Waals surface area contributed by atoms with Gasteiger partial charge in [-0.1, -0.05) is 64.1 Å². The van der Waals surface area contributed by atoms with E-state index in [-0.39, 0.29) is 5.04 Å². The molecule has 0 amide bonds. The van der Waals surface area contributed by atoms with Gasteiger partial charge in [-0.25, -0.2) is 0 Å². The number of nitrogens with zero attached hydrogens (tertiary/aromatic N) is 2. The van der Waals surface area contributed by atoms with Crippen molar-refractivity contribution in [3.05, 3.63) is 84.2 Å². The van der Waals surface area contributed by atoms with E-state index >= 15 is 0 Å². The summed E-state index contributed by atoms with van der Waals surface area (Å²) in [6.45, 7) is 14.1. The Morgan fingerprint density at radius 2 is 1.62 bits per heavy atom. The van der Waals surface area contributed by atoms with Gasteiger partial charge in [0.05, 0.1) is 5.56 Å². The third-order valence-corrected chi connectivity index (χ3v) is 11.4. The molecule has 2 heterocycles. The molecule has 0 aliphatic heterocycles. The van der Waals surface area contributed by atoms with E-state index in [1.54, 1.807) is 12.4 Å². The van der Waals surface area contributed by atoms with Gasteiger partial charge in [-0.3, -0.25) is 10.1 Å². The first kappa shape index (κ1) is 28.6. The monoisotopic (exact) mass is 542 g/mol. The Labute approximate surface area is 234 Å². The minimum atomic E-state index is -2.22. The van der Waals surface area contributed by atoms with Gasteiger partial charge in [-0.05, 0) is 77.8 Å². The molecule has 0 spiro atoms. The minimum Gasteiger partial charge on any atom is -0.489 e. The zero-order valence-corrected chi connectivity index (χ0v) is 25.1. The molecule has 2 aromatic heterocycles. The van der Waals surface area contributed by atoms with Crippen LogP contribution >= 0.6 is 0 Å². The normalized spacial score (nSPS) is 12.1. The number of nitrogens with one attached hydrogen (secondary N) is 2. The van der Waals surface area contributed by atoms with Crippen LogP contribution in [0, 0.1) is 0 Å². The van der Waals surface area contributed by atoms with Gasteiger partial charge >= 0.3 is 0 Å². The SMILES string of the molecule is CC(C)c1ccc(COc2ccc(-c3c(-c4ccncc4)n[nH]c3NCCCC(C)(C)[Si](C)(C)O)cc2)cc1. The molecule has 0 radical (unpaired) electrons. The van der Waals surface area contributed by atoms with E-state index in [2.05, 4.69) is 84.6 Å². The summed E-state index contributed by atoms with van der Waals surface area (Å²) in [4.78, 5) is 14.8. The summed E-state index contributed by atoms with van der Waals surface area (Å²) in [6, 6.07) is 20.8. The number of anilines is 1. The summed E-state index contributed by atoms with van der Waals surface area (Å²) in [5.41, 5.74) is 6.44. The van der Waals surface area contributed by atoms with E-state index in [0.717, 1.165) is 58.9 Å². The fourth-order valence-electron chi connectivity index (χ4n) is 4.40. The molecule has 4 rings (SSSR count). The van der Waals surface area contributed by atoms with Crippen molar-refractivity contribution in [3.8, 4) is 28.1 Å². The van der Waals surface area contributed by atoms with Gasteiger partial charge in [0.15, 0.2) is 8.32 Å². The second-order valence-electron chi connectivity index (χ2n) is 11.7. The van der Waals surface area contributed by atoms with E-state index in [4.69, 9.17) is 4.74 Å². The van der Waals surface area contributed by atoms with Gasteiger partial charge in [0.25, 0.3) is 0 Å². The topological polar surface area (TPSA) is 83.1 Å². The molecule has 206 valence electrons. The Kier molecular flexibility index (Phi) is 8.93. The van der Waals surface area contributed by atoms with Crippen LogP contribution in [0.25, 0.3) is 22.4 Å². The van der Waals surface area contributed by atoms with Crippen LogP contribution in [0.3, 0.4) is 0 Å². The first-order chi connectivity index (χ1) is 18.5. The summed E-state index contributed by atoms with van der Waals surface area (Å²) in [7, 11) is -2.22. The van der Waals surface area contributed by atoms with Crippen molar-refractivity contribution in [2.24, 2.45) is 0 Å². The number of H-pyrrole nitrogens is 1. The fraction of sp³-hybridized carbons (Fsp3) is 0.375. The molecule has 3 N–H and O–H groups in total. The predicted octanol–water partition coefficient (Wildman–Crippen LogP) is 8.01. The van der Waals surface area contributed by atoms with E-state index in [9.17, 15) is 4.80 Å². The second kappa shape index (κ2) is 12.2. The zero-order valence-electron chi connectivity index (χ0n) is 24.1. The van der Waals surface area contributed by atoms with Crippen LogP contribution in [0.15, 0.2) is 73.1 Å². The highest BCUT2D eigenvalue weighted by atomic mass is 28.4. The first-order valence-electron chi connectivity index (χ1n) is 13.8. The number of aromatic nitrogens is 3. The molecule has 0 aliphatic carbocycles. The molecule has 4 aromatic rings. The van der Waals surface area contributed by atoms with Crippen molar-refractivity contribution >= 4 is 14.1 Å². The molecule has 6 nitrogen and oxygen atoms in total. The Bertz CT molecular complexity index is 1330. The Morgan fingerprint density at radius 3 is 2.23 bits per heavy atom. The molecule has 0 saturated heterocycles. The van der Waals surface area contributed by atoms with Crippen LogP contribution in [0.4, 0.5) is 5.82 Å². The van der Waals surface area contributed by atoms with Crippen LogP contribution in [-0.4, -0.2) is 34.8 Å². The Balaban J connectivity index is 1.49. The third kappa shape index (κ3) is 7.16. The van der Waals surface area contributed by atoms with E-state index in [1.165, 1.54) is 5.56 Å². The van der Waals surface area contributed by atoms with E-state index < -0.39 is 8.32 Å². The maximum atomic E-state index is 10.6. The second-order valence-corrected chi connectivity index (χ2v) is 16.2. The van der Waals surface area contributed by atoms with Gasteiger partial charge in [-0.2, -0.15) is 5.10 Å². The van der Waals surface area contributed by atoms with Crippen LogP contribution in [0.1, 0.15) is 57.6 Å². The number of rotatable bonds is 12. The van der Waals surface area contributed by atoms with Crippen molar-refractivity contribution in [2.45, 2.75) is 71.2 Å². The predicted molar refractivity (Wildman–Crippen MR) is 164 cm³/mol. The summed E-state index contributed by atoms with van der Waals surface area (Å²) in [6.07, 6.45) is 5.49. The lowest BCUT2D eigenvalue weighted by Crippen LogP contribution is -2.39. The van der Waals surface area contributed by atoms with Crippen molar-refractivity contribution in [1.82, 2.24) is 15.2 Å². The van der Waals surface area contributed by atoms with E-state index in [1.807, 2.05) is 37.4 Å². The number of hydrogen-bond donors (Lipinski definition) is 3. The smallest absolute Gasteiger partial charge is 0.188 e. The number of hydrogen-bond acceptors (Lipinski definition) is 5. The summed E-state index contributed by atoms with van der Waals surface area (Å²) in [5, 5.41) is 11.4. The summed E-state index contributed by atoms with van der Waals surface area (Å²) in [5.74, 6) is 2.24. The highest BCUT2D eigenvalue weighted by Gasteiger charge is 2.37. The van der Waals surface area contributed by atoms with Gasteiger partial charge in [0.2, 0.25) is 0 Å². The number of aromatic amines is 1. The van der Waals surface area contributed by atoms with Crippen LogP contribution < -0.4 is 10.1 Å². The minimum absolute atomic E-state index is 0.0417. The Hall–Kier alpha value is -3.42. The molecule has 39 heavy (non-hydrogen) atoms. The molecule has 0 fully saturated rings. The molecule has 0 saturated carbocycles. The lowest BCUT2D eigenvalue weighted by Gasteiger charge is -2.35.